The Morgan fingerprint density at radius 3 is 2.73 bits per heavy atom. The highest BCUT2D eigenvalue weighted by Crippen LogP contribution is 2.31. The molecule has 1 aliphatic heterocycles. The lowest BCUT2D eigenvalue weighted by Crippen LogP contribution is -2.17. The first-order valence-electron chi connectivity index (χ1n) is 10.0. The van der Waals surface area contributed by atoms with E-state index in [0.717, 1.165) is 34.6 Å². The number of hydrogen-bond acceptors (Lipinski definition) is 6. The minimum Gasteiger partial charge on any atom is -0.479 e. The average Bonchev–Trinajstić information content (AvgIpc) is 2.94. The molecule has 158 valence electrons. The van der Waals surface area contributed by atoms with Gasteiger partial charge in [-0.25, -0.2) is 14.1 Å². The lowest BCUT2D eigenvalue weighted by atomic mass is 10.0. The van der Waals surface area contributed by atoms with Gasteiger partial charge < -0.3 is 14.4 Å². The number of pyridine rings is 2. The highest BCUT2D eigenvalue weighted by Gasteiger charge is 2.23. The SMILES string of the molecule is COc1ncc(-n2nc(-c3ccnc(C(C)N(C)C)c3)c3c2CCOCC3)cc1F. The lowest BCUT2D eigenvalue weighted by molar-refractivity contribution is 0.145. The van der Waals surface area contributed by atoms with E-state index in [9.17, 15) is 4.39 Å². The summed E-state index contributed by atoms with van der Waals surface area (Å²) in [6.45, 7) is 3.35. The molecule has 30 heavy (non-hydrogen) atoms. The highest BCUT2D eigenvalue weighted by molar-refractivity contribution is 5.65. The molecule has 4 rings (SSSR count). The summed E-state index contributed by atoms with van der Waals surface area (Å²) in [5, 5.41) is 4.89. The smallest absolute Gasteiger partial charge is 0.250 e. The van der Waals surface area contributed by atoms with Gasteiger partial charge in [-0.2, -0.15) is 5.10 Å². The van der Waals surface area contributed by atoms with Crippen LogP contribution in [-0.2, 0) is 17.6 Å². The van der Waals surface area contributed by atoms with Gasteiger partial charge in [0.1, 0.15) is 0 Å². The van der Waals surface area contributed by atoms with Crippen molar-refractivity contribution in [3.63, 3.8) is 0 Å². The third-order valence-electron chi connectivity index (χ3n) is 5.56. The lowest BCUT2D eigenvalue weighted by Gasteiger charge is -2.19. The van der Waals surface area contributed by atoms with Gasteiger partial charge in [-0.05, 0) is 39.6 Å². The molecular formula is C22H26FN5O2. The summed E-state index contributed by atoms with van der Waals surface area (Å²) in [7, 11) is 5.46. The van der Waals surface area contributed by atoms with Crippen molar-refractivity contribution in [1.82, 2.24) is 24.6 Å². The number of nitrogens with zero attached hydrogens (tertiary/aromatic N) is 5. The number of ether oxygens (including phenoxy) is 2. The van der Waals surface area contributed by atoms with Crippen LogP contribution in [0.25, 0.3) is 16.9 Å². The summed E-state index contributed by atoms with van der Waals surface area (Å²) in [5.41, 5.74) is 5.55. The molecule has 0 radical (unpaired) electrons. The van der Waals surface area contributed by atoms with E-state index in [2.05, 4.69) is 27.9 Å². The molecule has 1 unspecified atom stereocenters. The van der Waals surface area contributed by atoms with Gasteiger partial charge in [0.25, 0.3) is 0 Å². The van der Waals surface area contributed by atoms with E-state index in [1.807, 2.05) is 26.4 Å². The van der Waals surface area contributed by atoms with Crippen LogP contribution in [-0.4, -0.2) is 59.1 Å². The van der Waals surface area contributed by atoms with Crippen LogP contribution >= 0.6 is 0 Å². The molecule has 0 aromatic carbocycles. The second kappa shape index (κ2) is 8.49. The zero-order valence-corrected chi connectivity index (χ0v) is 17.7. The molecule has 0 saturated carbocycles. The molecule has 1 aliphatic rings. The number of methoxy groups -OCH3 is 1. The van der Waals surface area contributed by atoms with Crippen LogP contribution in [0.5, 0.6) is 5.88 Å². The monoisotopic (exact) mass is 411 g/mol. The maximum Gasteiger partial charge on any atom is 0.250 e. The van der Waals surface area contributed by atoms with E-state index in [-0.39, 0.29) is 11.9 Å². The Bertz CT molecular complexity index is 1050. The molecule has 1 atom stereocenters. The summed E-state index contributed by atoms with van der Waals surface area (Å²) in [4.78, 5) is 10.7. The summed E-state index contributed by atoms with van der Waals surface area (Å²) < 4.78 is 26.8. The number of halogens is 1. The van der Waals surface area contributed by atoms with Gasteiger partial charge >= 0.3 is 0 Å². The molecule has 7 nitrogen and oxygen atoms in total. The van der Waals surface area contributed by atoms with Crippen molar-refractivity contribution in [2.24, 2.45) is 0 Å². The first-order valence-corrected chi connectivity index (χ1v) is 10.0. The predicted octanol–water partition coefficient (Wildman–Crippen LogP) is 3.21. The third kappa shape index (κ3) is 3.80. The van der Waals surface area contributed by atoms with Gasteiger partial charge in [-0.15, -0.1) is 0 Å². The van der Waals surface area contributed by atoms with E-state index in [0.29, 0.717) is 25.3 Å². The van der Waals surface area contributed by atoms with Gasteiger partial charge in [0.2, 0.25) is 5.88 Å². The van der Waals surface area contributed by atoms with Crippen LogP contribution in [0.4, 0.5) is 4.39 Å². The number of aromatic nitrogens is 4. The summed E-state index contributed by atoms with van der Waals surface area (Å²) in [6.07, 6.45) is 4.84. The quantitative estimate of drug-likeness (QED) is 0.642. The normalized spacial score (nSPS) is 15.0. The van der Waals surface area contributed by atoms with Crippen molar-refractivity contribution in [3.8, 4) is 22.8 Å². The van der Waals surface area contributed by atoms with Crippen molar-refractivity contribution in [1.29, 1.82) is 0 Å². The Hall–Kier alpha value is -2.84. The molecule has 0 fully saturated rings. The van der Waals surface area contributed by atoms with E-state index < -0.39 is 5.82 Å². The zero-order valence-electron chi connectivity index (χ0n) is 17.7. The van der Waals surface area contributed by atoms with Crippen LogP contribution in [0, 0.1) is 5.82 Å². The molecule has 0 bridgehead atoms. The van der Waals surface area contributed by atoms with Gasteiger partial charge in [-0.1, -0.05) is 0 Å². The van der Waals surface area contributed by atoms with Gasteiger partial charge in [0.15, 0.2) is 5.82 Å². The van der Waals surface area contributed by atoms with Crippen LogP contribution < -0.4 is 4.74 Å². The fourth-order valence-electron chi connectivity index (χ4n) is 3.67. The van der Waals surface area contributed by atoms with E-state index in [4.69, 9.17) is 14.6 Å². The van der Waals surface area contributed by atoms with Gasteiger partial charge in [0.05, 0.1) is 49.3 Å². The van der Waals surface area contributed by atoms with Gasteiger partial charge in [-0.3, -0.25) is 4.98 Å². The second-order valence-corrected chi connectivity index (χ2v) is 7.59. The van der Waals surface area contributed by atoms with E-state index in [1.54, 1.807) is 10.9 Å². The van der Waals surface area contributed by atoms with Crippen molar-refractivity contribution in [3.05, 3.63) is 53.4 Å². The van der Waals surface area contributed by atoms with Crippen molar-refractivity contribution >= 4 is 0 Å². The first-order chi connectivity index (χ1) is 14.5. The van der Waals surface area contributed by atoms with Crippen molar-refractivity contribution in [2.75, 3.05) is 34.4 Å². The maximum atomic E-state index is 14.3. The third-order valence-corrected chi connectivity index (χ3v) is 5.56. The highest BCUT2D eigenvalue weighted by atomic mass is 19.1. The van der Waals surface area contributed by atoms with E-state index >= 15 is 0 Å². The predicted molar refractivity (Wildman–Crippen MR) is 111 cm³/mol. The summed E-state index contributed by atoms with van der Waals surface area (Å²) in [5.74, 6) is -0.548. The molecule has 3 aromatic rings. The molecule has 4 heterocycles. The topological polar surface area (TPSA) is 65.3 Å². The van der Waals surface area contributed by atoms with Crippen LogP contribution in [0.15, 0.2) is 30.6 Å². The van der Waals surface area contributed by atoms with Crippen molar-refractivity contribution < 1.29 is 13.9 Å². The molecule has 0 aliphatic carbocycles. The van der Waals surface area contributed by atoms with Crippen LogP contribution in [0.3, 0.4) is 0 Å². The number of hydrogen-bond donors (Lipinski definition) is 0. The van der Waals surface area contributed by atoms with Gasteiger partial charge in [0, 0.05) is 35.9 Å². The second-order valence-electron chi connectivity index (χ2n) is 7.59. The fraction of sp³-hybridized carbons (Fsp3) is 0.409. The zero-order chi connectivity index (χ0) is 21.3. The minimum absolute atomic E-state index is 0.0306. The van der Waals surface area contributed by atoms with Crippen LogP contribution in [0.1, 0.15) is 29.9 Å². The number of rotatable bonds is 5. The molecule has 0 N–H and O–H groups in total. The van der Waals surface area contributed by atoms with Crippen LogP contribution in [0.2, 0.25) is 0 Å². The molecule has 8 heteroatoms. The Kier molecular flexibility index (Phi) is 5.78. The molecule has 0 amide bonds. The standard InChI is InChI=1S/C22H26FN5O2/c1-14(27(2)3)19-11-15(5-8-24-19)21-17-6-9-30-10-7-20(17)28(26-21)16-12-18(23)22(29-4)25-13-16/h5,8,11-14H,6-7,9-10H2,1-4H3. The minimum atomic E-state index is -0.517. The molecule has 0 saturated heterocycles. The number of fused-ring (bicyclic) bond motifs is 1. The largest absolute Gasteiger partial charge is 0.479 e. The van der Waals surface area contributed by atoms with Crippen molar-refractivity contribution in [2.45, 2.75) is 25.8 Å². The summed E-state index contributed by atoms with van der Waals surface area (Å²) in [6, 6.07) is 5.63. The first kappa shape index (κ1) is 20.4. The fourth-order valence-corrected chi connectivity index (χ4v) is 3.67. The maximum absolute atomic E-state index is 14.3. The Balaban J connectivity index is 1.84. The Morgan fingerprint density at radius 2 is 2.00 bits per heavy atom. The average molecular weight is 411 g/mol. The molecule has 0 spiro atoms. The summed E-state index contributed by atoms with van der Waals surface area (Å²) >= 11 is 0. The molecule has 3 aromatic heterocycles. The van der Waals surface area contributed by atoms with E-state index in [1.165, 1.54) is 13.2 Å². The molecular weight excluding hydrogens is 385 g/mol. The Morgan fingerprint density at radius 1 is 1.20 bits per heavy atom. The Labute approximate surface area is 175 Å².